The van der Waals surface area contributed by atoms with Crippen LogP contribution in [0.15, 0.2) is 24.3 Å². The van der Waals surface area contributed by atoms with Gasteiger partial charge in [-0.1, -0.05) is 12.1 Å². The average molecular weight is 405 g/mol. The van der Waals surface area contributed by atoms with Gasteiger partial charge in [-0.3, -0.25) is 9.59 Å². The molecule has 0 aromatic heterocycles. The first-order chi connectivity index (χ1) is 14.0. The number of benzene rings is 1. The molecule has 29 heavy (non-hydrogen) atoms. The monoisotopic (exact) mass is 404 g/mol. The summed E-state index contributed by atoms with van der Waals surface area (Å²) in [7, 11) is 1.61. The number of methoxy groups -OCH3 is 1. The van der Waals surface area contributed by atoms with E-state index < -0.39 is 0 Å². The number of nitrogens with zero attached hydrogens (tertiary/aromatic N) is 1. The van der Waals surface area contributed by atoms with E-state index in [1.54, 1.807) is 14.0 Å². The summed E-state index contributed by atoms with van der Waals surface area (Å²) in [6.45, 7) is 4.64. The zero-order valence-corrected chi connectivity index (χ0v) is 17.4. The van der Waals surface area contributed by atoms with E-state index in [0.717, 1.165) is 38.8 Å². The van der Waals surface area contributed by atoms with Crippen LogP contribution in [0.2, 0.25) is 0 Å². The number of hydrogen-bond donors (Lipinski definition) is 1. The van der Waals surface area contributed by atoms with E-state index in [1.807, 2.05) is 29.2 Å². The van der Waals surface area contributed by atoms with Gasteiger partial charge in [-0.15, -0.1) is 0 Å². The number of piperidine rings is 1. The molecule has 2 aliphatic heterocycles. The molecule has 0 radical (unpaired) electrons. The number of para-hydroxylation sites is 2. The number of hydrogen-bond acceptors (Lipinski definition) is 5. The van der Waals surface area contributed by atoms with Crippen LogP contribution in [-0.2, 0) is 14.3 Å². The predicted octanol–water partition coefficient (Wildman–Crippen LogP) is 2.39. The Hall–Kier alpha value is -2.28. The van der Waals surface area contributed by atoms with Crippen LogP contribution in [0.5, 0.6) is 11.5 Å². The van der Waals surface area contributed by atoms with Gasteiger partial charge in [0.1, 0.15) is 6.61 Å². The van der Waals surface area contributed by atoms with E-state index >= 15 is 0 Å². The van der Waals surface area contributed by atoms with Crippen LogP contribution in [0.25, 0.3) is 0 Å². The summed E-state index contributed by atoms with van der Waals surface area (Å²) in [5.41, 5.74) is -0.165. The van der Waals surface area contributed by atoms with Crippen molar-refractivity contribution in [3.05, 3.63) is 24.3 Å². The van der Waals surface area contributed by atoms with Crippen LogP contribution in [0.3, 0.4) is 0 Å². The van der Waals surface area contributed by atoms with Gasteiger partial charge in [0, 0.05) is 33.0 Å². The smallest absolute Gasteiger partial charge is 0.220 e. The summed E-state index contributed by atoms with van der Waals surface area (Å²) in [5.74, 6) is 1.86. The maximum absolute atomic E-state index is 12.4. The van der Waals surface area contributed by atoms with Gasteiger partial charge in [-0.25, -0.2) is 0 Å². The van der Waals surface area contributed by atoms with Crippen molar-refractivity contribution >= 4 is 11.8 Å². The zero-order chi connectivity index (χ0) is 20.7. The summed E-state index contributed by atoms with van der Waals surface area (Å²) in [6.07, 6.45) is 4.03. The van der Waals surface area contributed by atoms with Crippen molar-refractivity contribution in [2.24, 2.45) is 5.92 Å². The summed E-state index contributed by atoms with van der Waals surface area (Å²) < 4.78 is 17.1. The first-order valence-corrected chi connectivity index (χ1v) is 10.4. The molecule has 1 aromatic carbocycles. The van der Waals surface area contributed by atoms with Gasteiger partial charge in [-0.05, 0) is 43.7 Å². The molecule has 1 N–H and O–H groups in total. The Bertz CT molecular complexity index is 700. The lowest BCUT2D eigenvalue weighted by atomic mass is 9.78. The molecule has 2 amide bonds. The van der Waals surface area contributed by atoms with E-state index in [0.29, 0.717) is 43.6 Å². The largest absolute Gasteiger partial charge is 0.493 e. The van der Waals surface area contributed by atoms with Crippen molar-refractivity contribution in [3.63, 3.8) is 0 Å². The lowest BCUT2D eigenvalue weighted by Gasteiger charge is -2.46. The first-order valence-electron chi connectivity index (χ1n) is 10.4. The minimum Gasteiger partial charge on any atom is -0.493 e. The number of ether oxygens (including phenoxy) is 3. The van der Waals surface area contributed by atoms with Gasteiger partial charge in [-0.2, -0.15) is 0 Å². The molecule has 7 nitrogen and oxygen atoms in total. The Morgan fingerprint density at radius 3 is 2.66 bits per heavy atom. The highest BCUT2D eigenvalue weighted by Crippen LogP contribution is 2.38. The summed E-state index contributed by atoms with van der Waals surface area (Å²) >= 11 is 0. The lowest BCUT2D eigenvalue weighted by molar-refractivity contribution is -0.147. The van der Waals surface area contributed by atoms with Gasteiger partial charge in [0.2, 0.25) is 11.8 Å². The van der Waals surface area contributed by atoms with Gasteiger partial charge >= 0.3 is 0 Å². The highest BCUT2D eigenvalue weighted by Gasteiger charge is 2.41. The second-order valence-electron chi connectivity index (χ2n) is 7.95. The Labute approximate surface area is 172 Å². The highest BCUT2D eigenvalue weighted by atomic mass is 16.5. The van der Waals surface area contributed by atoms with Crippen molar-refractivity contribution in [2.45, 2.75) is 44.6 Å². The van der Waals surface area contributed by atoms with E-state index in [1.165, 1.54) is 0 Å². The van der Waals surface area contributed by atoms with E-state index in [2.05, 4.69) is 5.32 Å². The Morgan fingerprint density at radius 1 is 1.24 bits per heavy atom. The molecule has 2 fully saturated rings. The Morgan fingerprint density at radius 2 is 1.97 bits per heavy atom. The first kappa shape index (κ1) is 21.4. The molecule has 0 aliphatic carbocycles. The minimum absolute atomic E-state index is 0.0526. The van der Waals surface area contributed by atoms with Crippen LogP contribution in [0.4, 0.5) is 0 Å². The molecule has 0 saturated carbocycles. The molecule has 160 valence electrons. The number of amides is 2. The predicted molar refractivity (Wildman–Crippen MR) is 109 cm³/mol. The third kappa shape index (κ3) is 5.85. The van der Waals surface area contributed by atoms with Gasteiger partial charge in [0.25, 0.3) is 0 Å². The Kier molecular flexibility index (Phi) is 7.36. The van der Waals surface area contributed by atoms with Crippen molar-refractivity contribution in [3.8, 4) is 11.5 Å². The third-order valence-corrected chi connectivity index (χ3v) is 5.94. The normalized spacial score (nSPS) is 20.9. The zero-order valence-electron chi connectivity index (χ0n) is 17.4. The molecule has 1 unspecified atom stereocenters. The number of likely N-dealkylation sites (tertiary alicyclic amines) is 1. The molecular formula is C22H32N2O5. The maximum Gasteiger partial charge on any atom is 0.220 e. The summed E-state index contributed by atoms with van der Waals surface area (Å²) in [5, 5.41) is 2.95. The second-order valence-corrected chi connectivity index (χ2v) is 7.95. The molecule has 1 atom stereocenters. The molecule has 2 saturated heterocycles. The average Bonchev–Trinajstić information content (AvgIpc) is 2.72. The molecule has 0 bridgehead atoms. The molecule has 2 aliphatic rings. The maximum atomic E-state index is 12.4. The number of carbonyl (C=O) groups is 2. The molecule has 3 rings (SSSR count). The number of carbonyl (C=O) groups excluding carboxylic acids is 2. The fraction of sp³-hybridized carbons (Fsp3) is 0.636. The topological polar surface area (TPSA) is 77.1 Å². The molecular weight excluding hydrogens is 372 g/mol. The SMILES string of the molecule is COc1ccccc1OCCNC(=O)CC1CCOC2(CCN(C(C)=O)CC2)C1. The number of rotatable bonds is 7. The van der Waals surface area contributed by atoms with Crippen LogP contribution < -0.4 is 14.8 Å². The van der Waals surface area contributed by atoms with Gasteiger partial charge in [0.15, 0.2) is 11.5 Å². The summed E-state index contributed by atoms with van der Waals surface area (Å²) in [4.78, 5) is 25.8. The highest BCUT2D eigenvalue weighted by molar-refractivity contribution is 5.76. The van der Waals surface area contributed by atoms with Gasteiger partial charge < -0.3 is 24.4 Å². The van der Waals surface area contributed by atoms with Crippen molar-refractivity contribution in [1.29, 1.82) is 0 Å². The van der Waals surface area contributed by atoms with E-state index in [9.17, 15) is 9.59 Å². The van der Waals surface area contributed by atoms with E-state index in [4.69, 9.17) is 14.2 Å². The quantitative estimate of drug-likeness (QED) is 0.706. The third-order valence-electron chi connectivity index (χ3n) is 5.94. The minimum atomic E-state index is -0.165. The van der Waals surface area contributed by atoms with Gasteiger partial charge in [0.05, 0.1) is 19.3 Å². The van der Waals surface area contributed by atoms with Crippen molar-refractivity contribution < 1.29 is 23.8 Å². The molecule has 1 aromatic rings. The van der Waals surface area contributed by atoms with Crippen molar-refractivity contribution in [2.75, 3.05) is 40.0 Å². The summed E-state index contributed by atoms with van der Waals surface area (Å²) in [6, 6.07) is 7.46. The molecule has 7 heteroatoms. The molecule has 1 spiro atoms. The number of nitrogens with one attached hydrogen (secondary N) is 1. The van der Waals surface area contributed by atoms with Crippen LogP contribution >= 0.6 is 0 Å². The fourth-order valence-electron chi connectivity index (χ4n) is 4.30. The lowest BCUT2D eigenvalue weighted by Crippen LogP contribution is -2.50. The van der Waals surface area contributed by atoms with Crippen LogP contribution in [0, 0.1) is 5.92 Å². The van der Waals surface area contributed by atoms with Crippen molar-refractivity contribution in [1.82, 2.24) is 10.2 Å². The van der Waals surface area contributed by atoms with Crippen LogP contribution in [0.1, 0.15) is 39.0 Å². The van der Waals surface area contributed by atoms with Crippen LogP contribution in [-0.4, -0.2) is 62.3 Å². The standard InChI is InChI=1S/C22H32N2O5/c1-17(25)24-11-8-22(9-12-24)16-18(7-13-29-22)15-21(26)23-10-14-28-20-6-4-3-5-19(20)27-2/h3-6,18H,7-16H2,1-2H3,(H,23,26). The second kappa shape index (κ2) is 9.96. The molecule has 2 heterocycles. The Balaban J connectivity index is 1.38. The fourth-order valence-corrected chi connectivity index (χ4v) is 4.30. The van der Waals surface area contributed by atoms with E-state index in [-0.39, 0.29) is 17.4 Å².